The van der Waals surface area contributed by atoms with Crippen LogP contribution in [0.5, 0.6) is 0 Å². The third-order valence-corrected chi connectivity index (χ3v) is 8.85. The highest BCUT2D eigenvalue weighted by Crippen LogP contribution is 2.46. The van der Waals surface area contributed by atoms with Crippen molar-refractivity contribution in [3.8, 4) is 0 Å². The van der Waals surface area contributed by atoms with Gasteiger partial charge in [0.25, 0.3) is 5.56 Å². The van der Waals surface area contributed by atoms with Crippen molar-refractivity contribution in [3.63, 3.8) is 0 Å². The van der Waals surface area contributed by atoms with Crippen LogP contribution in [0.15, 0.2) is 51.1 Å². The number of hydrogen-bond acceptors (Lipinski definition) is 8. The smallest absolute Gasteiger partial charge is 0.260 e. The van der Waals surface area contributed by atoms with Crippen molar-refractivity contribution in [2.75, 3.05) is 18.0 Å². The number of nitrogens with zero attached hydrogens (tertiary/aromatic N) is 5. The molecule has 1 spiro atoms. The van der Waals surface area contributed by atoms with Gasteiger partial charge < -0.3 is 9.88 Å². The van der Waals surface area contributed by atoms with Gasteiger partial charge in [0.15, 0.2) is 0 Å². The van der Waals surface area contributed by atoms with E-state index in [0.717, 1.165) is 48.1 Å². The van der Waals surface area contributed by atoms with Crippen LogP contribution in [0.25, 0.3) is 10.9 Å². The van der Waals surface area contributed by atoms with E-state index >= 15 is 0 Å². The Hall–Kier alpha value is -2.49. The summed E-state index contributed by atoms with van der Waals surface area (Å²) in [5.41, 5.74) is 3.99. The first-order valence-electron chi connectivity index (χ1n) is 10.4. The Morgan fingerprint density at radius 2 is 1.97 bits per heavy atom. The molecule has 10 heteroatoms. The second-order valence-corrected chi connectivity index (χ2v) is 10.8. The van der Waals surface area contributed by atoms with Crippen molar-refractivity contribution in [1.82, 2.24) is 24.9 Å². The van der Waals surface area contributed by atoms with Crippen LogP contribution in [0.1, 0.15) is 23.4 Å². The molecule has 3 aromatic heterocycles. The van der Waals surface area contributed by atoms with Crippen molar-refractivity contribution in [3.05, 3.63) is 62.3 Å². The molecule has 0 unspecified atom stereocenters. The Morgan fingerprint density at radius 3 is 2.75 bits per heavy atom. The summed E-state index contributed by atoms with van der Waals surface area (Å²) < 4.78 is 0. The molecule has 7 nitrogen and oxygen atoms in total. The van der Waals surface area contributed by atoms with Gasteiger partial charge in [-0.1, -0.05) is 23.4 Å². The Morgan fingerprint density at radius 1 is 1.09 bits per heavy atom. The minimum atomic E-state index is -0.250. The first kappa shape index (κ1) is 20.1. The molecule has 1 aliphatic heterocycles. The standard InChI is InChI=1S/C22H19ClN6OS2/c23-20-15(2-1-13-19(20)21(30)27-11-26-13)32-18-10-24-17(9-25-18)29-5-3-22(4-6-29)7-14-16(8-22)31-12-28-14/h1-2,9-12H,3-8H2,(H,26,27,30). The average Bonchev–Trinajstić information content (AvgIpc) is 3.36. The van der Waals surface area contributed by atoms with Crippen molar-refractivity contribution in [2.45, 2.75) is 35.6 Å². The van der Waals surface area contributed by atoms with Crippen LogP contribution in [0.2, 0.25) is 5.02 Å². The molecule has 0 radical (unpaired) electrons. The van der Waals surface area contributed by atoms with E-state index < -0.39 is 0 Å². The Bertz CT molecular complexity index is 1340. The number of benzene rings is 1. The van der Waals surface area contributed by atoms with Crippen LogP contribution in [-0.4, -0.2) is 38.0 Å². The minimum absolute atomic E-state index is 0.250. The number of nitrogens with one attached hydrogen (secondary N) is 1. The van der Waals surface area contributed by atoms with E-state index in [-0.39, 0.29) is 5.56 Å². The number of fused-ring (bicyclic) bond motifs is 2. The molecule has 0 bridgehead atoms. The first-order valence-corrected chi connectivity index (χ1v) is 12.5. The summed E-state index contributed by atoms with van der Waals surface area (Å²) in [7, 11) is 0. The number of thiazole rings is 1. The maximum atomic E-state index is 12.1. The normalized spacial score (nSPS) is 17.2. The summed E-state index contributed by atoms with van der Waals surface area (Å²) in [6.45, 7) is 1.98. The van der Waals surface area contributed by atoms with Crippen LogP contribution in [0.4, 0.5) is 5.82 Å². The van der Waals surface area contributed by atoms with Gasteiger partial charge in [-0.15, -0.1) is 11.3 Å². The van der Waals surface area contributed by atoms with E-state index in [0.29, 0.717) is 21.3 Å². The predicted molar refractivity (Wildman–Crippen MR) is 127 cm³/mol. The Balaban J connectivity index is 1.15. The molecular formula is C22H19ClN6OS2. The van der Waals surface area contributed by atoms with E-state index in [4.69, 9.17) is 11.6 Å². The highest BCUT2D eigenvalue weighted by atomic mass is 35.5. The molecule has 1 fully saturated rings. The molecule has 1 saturated heterocycles. The SMILES string of the molecule is O=c1[nH]cnc2ccc(Sc3cnc(N4CCC5(CC4)Cc4ncsc4C5)cn3)c(Cl)c12. The lowest BCUT2D eigenvalue weighted by atomic mass is 9.76. The van der Waals surface area contributed by atoms with Gasteiger partial charge in [0.2, 0.25) is 0 Å². The molecular weight excluding hydrogens is 464 g/mol. The third kappa shape index (κ3) is 3.48. The van der Waals surface area contributed by atoms with Gasteiger partial charge in [0.05, 0.1) is 45.9 Å². The molecule has 1 aliphatic carbocycles. The second-order valence-electron chi connectivity index (χ2n) is 8.38. The highest BCUT2D eigenvalue weighted by Gasteiger charge is 2.41. The molecule has 0 saturated carbocycles. The molecule has 4 aromatic rings. The molecule has 6 rings (SSSR count). The van der Waals surface area contributed by atoms with Crippen molar-refractivity contribution in [1.29, 1.82) is 0 Å². The molecule has 0 amide bonds. The monoisotopic (exact) mass is 482 g/mol. The maximum Gasteiger partial charge on any atom is 0.260 e. The van der Waals surface area contributed by atoms with Crippen LogP contribution < -0.4 is 10.5 Å². The van der Waals surface area contributed by atoms with E-state index in [9.17, 15) is 4.79 Å². The lowest BCUT2D eigenvalue weighted by Gasteiger charge is -2.39. The van der Waals surface area contributed by atoms with Gasteiger partial charge in [-0.3, -0.25) is 4.79 Å². The summed E-state index contributed by atoms with van der Waals surface area (Å²) in [5, 5.41) is 1.51. The summed E-state index contributed by atoms with van der Waals surface area (Å²) in [5.74, 6) is 0.903. The summed E-state index contributed by atoms with van der Waals surface area (Å²) >= 11 is 9.69. The van der Waals surface area contributed by atoms with Gasteiger partial charge in [-0.25, -0.2) is 19.9 Å². The number of rotatable bonds is 3. The Labute approximate surface area is 197 Å². The molecule has 0 atom stereocenters. The van der Waals surface area contributed by atoms with Gasteiger partial charge >= 0.3 is 0 Å². The summed E-state index contributed by atoms with van der Waals surface area (Å²) in [4.78, 5) is 37.2. The van der Waals surface area contributed by atoms with Gasteiger partial charge in [0, 0.05) is 22.9 Å². The topological polar surface area (TPSA) is 87.7 Å². The van der Waals surface area contributed by atoms with Crippen LogP contribution in [0.3, 0.4) is 0 Å². The molecule has 4 heterocycles. The number of aromatic amines is 1. The van der Waals surface area contributed by atoms with Crippen LogP contribution in [-0.2, 0) is 12.8 Å². The lowest BCUT2D eigenvalue weighted by Crippen LogP contribution is -2.41. The van der Waals surface area contributed by atoms with Crippen molar-refractivity contribution >= 4 is 51.4 Å². The molecule has 32 heavy (non-hydrogen) atoms. The quantitative estimate of drug-likeness (QED) is 0.464. The second kappa shape index (κ2) is 7.83. The third-order valence-electron chi connectivity index (χ3n) is 6.49. The average molecular weight is 483 g/mol. The molecule has 162 valence electrons. The maximum absolute atomic E-state index is 12.1. The zero-order valence-corrected chi connectivity index (χ0v) is 19.4. The van der Waals surface area contributed by atoms with Crippen LogP contribution in [0, 0.1) is 5.41 Å². The number of aromatic nitrogens is 5. The van der Waals surface area contributed by atoms with E-state index in [2.05, 4.69) is 29.8 Å². The van der Waals surface area contributed by atoms with E-state index in [1.807, 2.05) is 17.8 Å². The largest absolute Gasteiger partial charge is 0.355 e. The zero-order valence-electron chi connectivity index (χ0n) is 17.0. The first-order chi connectivity index (χ1) is 15.6. The van der Waals surface area contributed by atoms with E-state index in [1.54, 1.807) is 23.6 Å². The Kier molecular flexibility index (Phi) is 4.93. The van der Waals surface area contributed by atoms with Crippen LogP contribution >= 0.6 is 34.7 Å². The van der Waals surface area contributed by atoms with Crippen molar-refractivity contribution in [2.24, 2.45) is 5.41 Å². The number of anilines is 1. The molecule has 2 aliphatic rings. The minimum Gasteiger partial charge on any atom is -0.355 e. The van der Waals surface area contributed by atoms with Gasteiger partial charge in [-0.2, -0.15) is 0 Å². The number of halogens is 1. The zero-order chi connectivity index (χ0) is 21.7. The highest BCUT2D eigenvalue weighted by molar-refractivity contribution is 7.99. The number of hydrogen-bond donors (Lipinski definition) is 1. The summed E-state index contributed by atoms with van der Waals surface area (Å²) in [6.07, 6.45) is 9.58. The lowest BCUT2D eigenvalue weighted by molar-refractivity contribution is 0.231. The fourth-order valence-corrected chi connectivity index (χ4v) is 6.81. The van der Waals surface area contributed by atoms with Gasteiger partial charge in [-0.05, 0) is 43.2 Å². The fraction of sp³-hybridized carbons (Fsp3) is 0.318. The van der Waals surface area contributed by atoms with Crippen molar-refractivity contribution < 1.29 is 0 Å². The molecule has 1 aromatic carbocycles. The molecule has 1 N–H and O–H groups in total. The number of piperidine rings is 1. The van der Waals surface area contributed by atoms with Gasteiger partial charge in [0.1, 0.15) is 10.8 Å². The summed E-state index contributed by atoms with van der Waals surface area (Å²) in [6, 6.07) is 3.65. The predicted octanol–water partition coefficient (Wildman–Crippen LogP) is 4.36. The van der Waals surface area contributed by atoms with E-state index in [1.165, 1.54) is 35.1 Å². The number of H-pyrrole nitrogens is 1. The fourth-order valence-electron chi connectivity index (χ4n) is 4.72.